The average molecular weight is 129 g/mol. The lowest BCUT2D eigenvalue weighted by molar-refractivity contribution is 1.57. The summed E-state index contributed by atoms with van der Waals surface area (Å²) in [5.41, 5.74) is 1.09. The Morgan fingerprint density at radius 1 is 1.20 bits per heavy atom. The summed E-state index contributed by atoms with van der Waals surface area (Å²) in [5, 5.41) is 0. The van der Waals surface area contributed by atoms with Crippen LogP contribution >= 0.6 is 0 Å². The molecule has 0 saturated carbocycles. The van der Waals surface area contributed by atoms with Crippen LogP contribution in [0.15, 0.2) is 49.1 Å². The Hall–Kier alpha value is -1.30. The summed E-state index contributed by atoms with van der Waals surface area (Å²) >= 11 is 0. The second-order valence-corrected chi connectivity index (χ2v) is 1.91. The van der Waals surface area contributed by atoms with Crippen molar-refractivity contribution >= 4 is 0 Å². The molecule has 0 aliphatic heterocycles. The molecule has 0 atom stereocenters. The van der Waals surface area contributed by atoms with Crippen LogP contribution in [0.4, 0.5) is 0 Å². The van der Waals surface area contributed by atoms with Gasteiger partial charge in [-0.15, -0.1) is 0 Å². The highest BCUT2D eigenvalue weighted by Gasteiger charge is 1.79. The molecule has 0 fully saturated rings. The van der Waals surface area contributed by atoms with Gasteiger partial charge in [-0.05, 0) is 11.6 Å². The minimum atomic E-state index is 1.09. The normalized spacial score (nSPS) is 10.0. The predicted molar refractivity (Wildman–Crippen MR) is 43.6 cm³/mol. The second kappa shape index (κ2) is 3.67. The molecule has 0 N–H and O–H groups in total. The van der Waals surface area contributed by atoms with Crippen LogP contribution in [0.25, 0.3) is 0 Å². The Bertz CT molecular complexity index is 219. The molecule has 0 aliphatic carbocycles. The number of hydrogen-bond acceptors (Lipinski definition) is 0. The van der Waals surface area contributed by atoms with Crippen molar-refractivity contribution in [2.45, 2.75) is 0 Å². The minimum Gasteiger partial charge on any atom is -0.0990 e. The van der Waals surface area contributed by atoms with Crippen molar-refractivity contribution in [1.29, 1.82) is 0 Å². The van der Waals surface area contributed by atoms with E-state index in [0.717, 1.165) is 5.56 Å². The molecule has 49 valence electrons. The van der Waals surface area contributed by atoms with Gasteiger partial charge >= 0.3 is 0 Å². The monoisotopic (exact) mass is 129 g/mol. The van der Waals surface area contributed by atoms with E-state index in [9.17, 15) is 0 Å². The molecule has 0 heterocycles. The van der Waals surface area contributed by atoms with Gasteiger partial charge in [0.2, 0.25) is 0 Å². The van der Waals surface area contributed by atoms with Crippen LogP contribution in [0.5, 0.6) is 0 Å². The first kappa shape index (κ1) is 6.81. The lowest BCUT2D eigenvalue weighted by Gasteiger charge is -1.86. The first-order valence-corrected chi connectivity index (χ1v) is 3.19. The van der Waals surface area contributed by atoms with Crippen LogP contribution in [0.1, 0.15) is 5.56 Å². The molecule has 1 rings (SSSR count). The van der Waals surface area contributed by atoms with Crippen LogP contribution < -0.4 is 0 Å². The van der Waals surface area contributed by atoms with E-state index in [0.29, 0.717) is 0 Å². The topological polar surface area (TPSA) is 0 Å². The fourth-order valence-corrected chi connectivity index (χ4v) is 0.690. The van der Waals surface area contributed by atoms with Gasteiger partial charge in [0.15, 0.2) is 0 Å². The van der Waals surface area contributed by atoms with E-state index in [2.05, 4.69) is 12.7 Å². The Balaban J connectivity index is 2.76. The fourth-order valence-electron chi connectivity index (χ4n) is 0.690. The van der Waals surface area contributed by atoms with E-state index in [-0.39, 0.29) is 0 Å². The van der Waals surface area contributed by atoms with Crippen LogP contribution in [-0.4, -0.2) is 0 Å². The lowest BCUT2D eigenvalue weighted by atomic mass is 10.2. The van der Waals surface area contributed by atoms with Gasteiger partial charge in [-0.3, -0.25) is 0 Å². The van der Waals surface area contributed by atoms with Crippen molar-refractivity contribution in [3.63, 3.8) is 0 Å². The van der Waals surface area contributed by atoms with E-state index in [1.54, 1.807) is 12.2 Å². The first-order valence-electron chi connectivity index (χ1n) is 3.19. The van der Waals surface area contributed by atoms with E-state index >= 15 is 0 Å². The third-order valence-electron chi connectivity index (χ3n) is 1.14. The molecule has 0 saturated heterocycles. The van der Waals surface area contributed by atoms with Gasteiger partial charge in [0.25, 0.3) is 0 Å². The summed E-state index contributed by atoms with van der Waals surface area (Å²) in [6.45, 7) is 3.56. The molecular weight excluding hydrogens is 120 g/mol. The van der Waals surface area contributed by atoms with Gasteiger partial charge in [-0.1, -0.05) is 49.1 Å². The van der Waals surface area contributed by atoms with Crippen molar-refractivity contribution in [2.24, 2.45) is 0 Å². The number of rotatable bonds is 2. The smallest absolute Gasteiger partial charge is 0.0106 e. The minimum absolute atomic E-state index is 1.09. The van der Waals surface area contributed by atoms with Gasteiger partial charge in [0, 0.05) is 0 Å². The van der Waals surface area contributed by atoms with Crippen LogP contribution in [0.3, 0.4) is 0 Å². The molecular formula is C10H9. The molecule has 0 aromatic heterocycles. The zero-order chi connectivity index (χ0) is 7.23. The standard InChI is InChI=1S/C10H9/c1-2-3-7-10-8-5-4-6-9-10/h2-6,8-9H,1H2. The third kappa shape index (κ3) is 1.90. The van der Waals surface area contributed by atoms with Gasteiger partial charge < -0.3 is 0 Å². The average Bonchev–Trinajstić information content (AvgIpc) is 2.03. The number of benzene rings is 1. The van der Waals surface area contributed by atoms with Crippen LogP contribution in [0, 0.1) is 6.08 Å². The summed E-state index contributed by atoms with van der Waals surface area (Å²) < 4.78 is 0. The molecule has 0 heteroatoms. The Morgan fingerprint density at radius 3 is 2.50 bits per heavy atom. The largest absolute Gasteiger partial charge is 0.0990 e. The van der Waals surface area contributed by atoms with E-state index < -0.39 is 0 Å². The highest BCUT2D eigenvalue weighted by molar-refractivity contribution is 5.22. The molecule has 1 radical (unpaired) electrons. The number of hydrogen-bond donors (Lipinski definition) is 0. The SMILES string of the molecule is C=C/C=[C]\c1ccccc1. The molecule has 0 spiro atoms. The molecule has 0 nitrogen and oxygen atoms in total. The van der Waals surface area contributed by atoms with Crippen molar-refractivity contribution in [1.82, 2.24) is 0 Å². The Kier molecular flexibility index (Phi) is 2.50. The highest BCUT2D eigenvalue weighted by atomic mass is 13.8. The summed E-state index contributed by atoms with van der Waals surface area (Å²) in [6, 6.07) is 9.96. The molecule has 10 heavy (non-hydrogen) atoms. The summed E-state index contributed by atoms with van der Waals surface area (Å²) in [4.78, 5) is 0. The summed E-state index contributed by atoms with van der Waals surface area (Å²) in [6.07, 6.45) is 6.57. The van der Waals surface area contributed by atoms with E-state index in [1.807, 2.05) is 30.3 Å². The fraction of sp³-hybridized carbons (Fsp3) is 0. The number of allylic oxidation sites excluding steroid dienone is 2. The van der Waals surface area contributed by atoms with Gasteiger partial charge in [-0.2, -0.15) is 0 Å². The maximum atomic E-state index is 3.56. The maximum Gasteiger partial charge on any atom is -0.0106 e. The predicted octanol–water partition coefficient (Wildman–Crippen LogP) is 2.58. The Morgan fingerprint density at radius 2 is 1.90 bits per heavy atom. The molecule has 1 aromatic rings. The van der Waals surface area contributed by atoms with Crippen molar-refractivity contribution in [3.05, 3.63) is 60.7 Å². The highest BCUT2D eigenvalue weighted by Crippen LogP contribution is 1.97. The zero-order valence-corrected chi connectivity index (χ0v) is 5.75. The second-order valence-electron chi connectivity index (χ2n) is 1.91. The van der Waals surface area contributed by atoms with Gasteiger partial charge in [0.05, 0.1) is 0 Å². The molecule has 0 amide bonds. The van der Waals surface area contributed by atoms with Crippen molar-refractivity contribution in [3.8, 4) is 0 Å². The lowest BCUT2D eigenvalue weighted by Crippen LogP contribution is -1.68. The summed E-state index contributed by atoms with van der Waals surface area (Å²) in [7, 11) is 0. The third-order valence-corrected chi connectivity index (χ3v) is 1.14. The molecule has 0 aliphatic rings. The maximum absolute atomic E-state index is 3.56. The first-order chi connectivity index (χ1) is 4.93. The molecule has 0 unspecified atom stereocenters. The quantitative estimate of drug-likeness (QED) is 0.538. The molecule has 1 aromatic carbocycles. The van der Waals surface area contributed by atoms with Gasteiger partial charge in [0.1, 0.15) is 0 Å². The molecule has 0 bridgehead atoms. The van der Waals surface area contributed by atoms with Gasteiger partial charge in [-0.25, -0.2) is 0 Å². The van der Waals surface area contributed by atoms with E-state index in [4.69, 9.17) is 0 Å². The van der Waals surface area contributed by atoms with E-state index in [1.165, 1.54) is 0 Å². The van der Waals surface area contributed by atoms with Crippen molar-refractivity contribution in [2.75, 3.05) is 0 Å². The van der Waals surface area contributed by atoms with Crippen molar-refractivity contribution < 1.29 is 0 Å². The summed E-state index contributed by atoms with van der Waals surface area (Å²) in [5.74, 6) is 0. The van der Waals surface area contributed by atoms with Crippen LogP contribution in [-0.2, 0) is 0 Å². The van der Waals surface area contributed by atoms with Crippen LogP contribution in [0.2, 0.25) is 0 Å². The Labute approximate surface area is 61.5 Å². The zero-order valence-electron chi connectivity index (χ0n) is 5.75.